The Morgan fingerprint density at radius 1 is 1.07 bits per heavy atom. The zero-order valence-corrected chi connectivity index (χ0v) is 17.3. The summed E-state index contributed by atoms with van der Waals surface area (Å²) >= 11 is 0. The molecule has 1 aromatic carbocycles. The van der Waals surface area contributed by atoms with Gasteiger partial charge in [-0.2, -0.15) is 0 Å². The molecule has 0 aromatic heterocycles. The Morgan fingerprint density at radius 3 is 2.38 bits per heavy atom. The molecule has 0 unspecified atom stereocenters. The van der Waals surface area contributed by atoms with Gasteiger partial charge in [-0.15, -0.1) is 0 Å². The lowest BCUT2D eigenvalue weighted by atomic mass is 9.89. The number of nitrogens with zero attached hydrogens (tertiary/aromatic N) is 3. The predicted octanol–water partition coefficient (Wildman–Crippen LogP) is 2.08. The summed E-state index contributed by atoms with van der Waals surface area (Å²) < 4.78 is 0. The van der Waals surface area contributed by atoms with E-state index in [4.69, 9.17) is 0 Å². The Bertz CT molecular complexity index is 808. The second-order valence-electron chi connectivity index (χ2n) is 8.70. The van der Waals surface area contributed by atoms with Crippen LogP contribution >= 0.6 is 0 Å². The molecule has 29 heavy (non-hydrogen) atoms. The highest BCUT2D eigenvalue weighted by atomic mass is 16.2. The molecule has 1 N–H and O–H groups in total. The fourth-order valence-electron chi connectivity index (χ4n) is 4.88. The van der Waals surface area contributed by atoms with Crippen LogP contribution in [0, 0.1) is 5.92 Å². The SMILES string of the molecule is CC(C)C(=O)N1CCN(CC(=O)N2c3ccccc3NC(=O)C23CCCC3)CC1. The van der Waals surface area contributed by atoms with E-state index in [-0.39, 0.29) is 30.2 Å². The van der Waals surface area contributed by atoms with Crippen molar-refractivity contribution in [2.75, 3.05) is 42.9 Å². The van der Waals surface area contributed by atoms with Crippen LogP contribution in [0.1, 0.15) is 39.5 Å². The number of amides is 3. The summed E-state index contributed by atoms with van der Waals surface area (Å²) in [6.07, 6.45) is 3.32. The van der Waals surface area contributed by atoms with Crippen molar-refractivity contribution in [1.29, 1.82) is 0 Å². The third-order valence-corrected chi connectivity index (χ3v) is 6.46. The van der Waals surface area contributed by atoms with Gasteiger partial charge in [0.2, 0.25) is 11.8 Å². The average molecular weight is 399 g/mol. The van der Waals surface area contributed by atoms with Crippen molar-refractivity contribution in [1.82, 2.24) is 9.80 Å². The highest BCUT2D eigenvalue weighted by Gasteiger charge is 2.52. The van der Waals surface area contributed by atoms with Crippen LogP contribution in [-0.2, 0) is 14.4 Å². The Kier molecular flexibility index (Phi) is 5.34. The molecule has 1 aliphatic carbocycles. The summed E-state index contributed by atoms with van der Waals surface area (Å²) in [5.41, 5.74) is 0.740. The van der Waals surface area contributed by atoms with Crippen molar-refractivity contribution in [3.63, 3.8) is 0 Å². The van der Waals surface area contributed by atoms with Gasteiger partial charge in [0.15, 0.2) is 0 Å². The van der Waals surface area contributed by atoms with Gasteiger partial charge in [-0.1, -0.05) is 38.8 Å². The molecular weight excluding hydrogens is 368 g/mol. The van der Waals surface area contributed by atoms with Crippen LogP contribution < -0.4 is 10.2 Å². The quantitative estimate of drug-likeness (QED) is 0.846. The van der Waals surface area contributed by atoms with Gasteiger partial charge >= 0.3 is 0 Å². The van der Waals surface area contributed by atoms with Crippen LogP contribution in [-0.4, -0.2) is 65.8 Å². The molecule has 0 atom stereocenters. The van der Waals surface area contributed by atoms with E-state index in [1.807, 2.05) is 43.0 Å². The number of fused-ring (bicyclic) bond motifs is 1. The van der Waals surface area contributed by atoms with Gasteiger partial charge in [0.05, 0.1) is 17.9 Å². The molecule has 3 amide bonds. The van der Waals surface area contributed by atoms with E-state index in [1.165, 1.54) is 0 Å². The normalized spacial score (nSPS) is 21.4. The Morgan fingerprint density at radius 2 is 1.72 bits per heavy atom. The van der Waals surface area contributed by atoms with E-state index in [1.54, 1.807) is 4.90 Å². The second-order valence-corrected chi connectivity index (χ2v) is 8.70. The molecule has 7 nitrogen and oxygen atoms in total. The fraction of sp³-hybridized carbons (Fsp3) is 0.591. The third kappa shape index (κ3) is 3.52. The molecule has 3 aliphatic rings. The lowest BCUT2D eigenvalue weighted by molar-refractivity contribution is -0.136. The molecule has 0 radical (unpaired) electrons. The summed E-state index contributed by atoms with van der Waals surface area (Å²) in [4.78, 5) is 44.5. The molecule has 7 heteroatoms. The van der Waals surface area contributed by atoms with E-state index in [2.05, 4.69) is 10.2 Å². The summed E-state index contributed by atoms with van der Waals surface area (Å²) in [6, 6.07) is 7.56. The Hall–Kier alpha value is -2.41. The summed E-state index contributed by atoms with van der Waals surface area (Å²) in [5.74, 6) is 0.0727. The standard InChI is InChI=1S/C22H30N4O3/c1-16(2)20(28)25-13-11-24(12-14-25)15-19(27)26-18-8-4-3-7-17(18)23-21(29)22(26)9-5-6-10-22/h3-4,7-8,16H,5-6,9-15H2,1-2H3,(H,23,29). The molecule has 1 saturated carbocycles. The smallest absolute Gasteiger partial charge is 0.250 e. The maximum absolute atomic E-state index is 13.5. The lowest BCUT2D eigenvalue weighted by Gasteiger charge is -2.45. The minimum atomic E-state index is -0.763. The first-order valence-electron chi connectivity index (χ1n) is 10.7. The molecule has 1 spiro atoms. The first kappa shape index (κ1) is 19.9. The van der Waals surface area contributed by atoms with E-state index < -0.39 is 5.54 Å². The molecule has 0 bridgehead atoms. The monoisotopic (exact) mass is 398 g/mol. The van der Waals surface area contributed by atoms with Crippen molar-refractivity contribution in [3.05, 3.63) is 24.3 Å². The topological polar surface area (TPSA) is 73.0 Å². The fourth-order valence-corrected chi connectivity index (χ4v) is 4.88. The molecule has 2 fully saturated rings. The van der Waals surface area contributed by atoms with Gasteiger partial charge in [-0.25, -0.2) is 0 Å². The van der Waals surface area contributed by atoms with E-state index in [9.17, 15) is 14.4 Å². The lowest BCUT2D eigenvalue weighted by Crippen LogP contribution is -2.62. The van der Waals surface area contributed by atoms with Crippen LogP contribution in [0.15, 0.2) is 24.3 Å². The number of rotatable bonds is 3. The molecule has 1 saturated heterocycles. The molecule has 2 heterocycles. The van der Waals surface area contributed by atoms with Crippen molar-refractivity contribution in [2.45, 2.75) is 45.1 Å². The number of hydrogen-bond acceptors (Lipinski definition) is 4. The van der Waals surface area contributed by atoms with Crippen LogP contribution in [0.25, 0.3) is 0 Å². The molecule has 2 aliphatic heterocycles. The summed E-state index contributed by atoms with van der Waals surface area (Å²) in [5, 5.41) is 3.02. The first-order valence-corrected chi connectivity index (χ1v) is 10.7. The van der Waals surface area contributed by atoms with Gasteiger partial charge in [0.1, 0.15) is 5.54 Å². The van der Waals surface area contributed by atoms with Crippen molar-refractivity contribution in [3.8, 4) is 0 Å². The van der Waals surface area contributed by atoms with Crippen LogP contribution in [0.5, 0.6) is 0 Å². The number of carbonyl (C=O) groups is 3. The largest absolute Gasteiger partial charge is 0.340 e. The number of hydrogen-bond donors (Lipinski definition) is 1. The number of para-hydroxylation sites is 2. The van der Waals surface area contributed by atoms with E-state index in [0.717, 1.165) is 18.5 Å². The number of carbonyl (C=O) groups excluding carboxylic acids is 3. The van der Waals surface area contributed by atoms with Crippen LogP contribution in [0.4, 0.5) is 11.4 Å². The Balaban J connectivity index is 1.51. The Labute approximate surface area is 172 Å². The average Bonchev–Trinajstić information content (AvgIpc) is 3.19. The van der Waals surface area contributed by atoms with Crippen molar-refractivity contribution >= 4 is 29.1 Å². The van der Waals surface area contributed by atoms with E-state index in [0.29, 0.717) is 44.7 Å². The van der Waals surface area contributed by atoms with Crippen LogP contribution in [0.2, 0.25) is 0 Å². The number of benzene rings is 1. The third-order valence-electron chi connectivity index (χ3n) is 6.46. The zero-order valence-electron chi connectivity index (χ0n) is 17.3. The summed E-state index contributed by atoms with van der Waals surface area (Å²) in [6.45, 7) is 6.75. The zero-order chi connectivity index (χ0) is 20.6. The van der Waals surface area contributed by atoms with Crippen LogP contribution in [0.3, 0.4) is 0 Å². The second kappa shape index (κ2) is 7.78. The van der Waals surface area contributed by atoms with Gasteiger partial charge in [0.25, 0.3) is 5.91 Å². The minimum Gasteiger partial charge on any atom is -0.340 e. The number of nitrogens with one attached hydrogen (secondary N) is 1. The van der Waals surface area contributed by atoms with Crippen molar-refractivity contribution in [2.24, 2.45) is 5.92 Å². The van der Waals surface area contributed by atoms with Crippen molar-refractivity contribution < 1.29 is 14.4 Å². The molecule has 156 valence electrons. The predicted molar refractivity (Wildman–Crippen MR) is 112 cm³/mol. The molecule has 4 rings (SSSR count). The maximum atomic E-state index is 13.5. The number of anilines is 2. The first-order chi connectivity index (χ1) is 13.9. The molecular formula is C22H30N4O3. The van der Waals surface area contributed by atoms with Gasteiger partial charge in [0, 0.05) is 32.1 Å². The minimum absolute atomic E-state index is 0.00577. The van der Waals surface area contributed by atoms with Gasteiger partial charge in [-0.05, 0) is 25.0 Å². The van der Waals surface area contributed by atoms with E-state index >= 15 is 0 Å². The van der Waals surface area contributed by atoms with Gasteiger partial charge in [-0.3, -0.25) is 24.2 Å². The highest BCUT2D eigenvalue weighted by molar-refractivity contribution is 6.15. The summed E-state index contributed by atoms with van der Waals surface area (Å²) in [7, 11) is 0. The number of piperazine rings is 1. The highest BCUT2D eigenvalue weighted by Crippen LogP contribution is 2.45. The molecule has 1 aromatic rings. The maximum Gasteiger partial charge on any atom is 0.250 e. The van der Waals surface area contributed by atoms with Gasteiger partial charge < -0.3 is 10.2 Å².